The lowest BCUT2D eigenvalue weighted by molar-refractivity contribution is -0.121. The standard InChI is InChI=1S/C25H31ClN6O3.C21H23ClN4O4.C21H23ClN4O3.C19H19ClN4O4.C19H19ClN4O3/c1-4-19(33)16-35-22-14-17-13-18(7-8-21(17)30(3)24(22)34)28-23-20(26)15-27-25(29-23)32-10-6-9-31(5-2)11-12-32;1-4-8-29-21-23-11-16(22)19(25-21)24-14-6-7-17-13(9-14)10-18(20(28)26(17)3)30-12-15(27)5-2;1-4-6-19-23-11-16(22)20(25-19)24-14-7-8-17-13(9-14)10-18(21(28)26(17)3)29-12-15(27)5-2;1-4-13(25)10-28-16-8-11-7-12(5-6-15(11)24(2)18(16)26)22-17-14(20)9-21-19(23-17)27-3;1-4-14(25)10-27-17-8-12-7-13(5-6-16(12)24(3)19(17)26)23-18-15(20)9-21-11(2)22-18/h7-8,13-15H,4-6,9-12,16H2,1-3H3,(H,27,28,29);6-7,9-11H,4-5,8,12H2,1-3H3,(H,23,24,25);7-11H,4-6,12H2,1-3H3,(H,23,24,25);5-9H,4,10H2,1-3H3,(H,21,22,23);5-9H,4,10H2,1-3H3,(H,21,22,23). The van der Waals surface area contributed by atoms with E-state index in [0.29, 0.717) is 116 Å². The summed E-state index contributed by atoms with van der Waals surface area (Å²) in [7, 11) is 9.79. The first-order valence-corrected chi connectivity index (χ1v) is 49.9. The van der Waals surface area contributed by atoms with Gasteiger partial charge in [-0.25, -0.2) is 34.9 Å². The van der Waals surface area contributed by atoms with E-state index in [2.05, 4.69) is 95.1 Å². The molecule has 0 bridgehead atoms. The molecule has 782 valence electrons. The van der Waals surface area contributed by atoms with Crippen molar-refractivity contribution in [3.63, 3.8) is 0 Å². The zero-order valence-electron chi connectivity index (χ0n) is 85.0. The number of methoxy groups -OCH3 is 1. The first-order chi connectivity index (χ1) is 71.5. The zero-order valence-corrected chi connectivity index (χ0v) is 88.8. The number of benzene rings is 5. The Kier molecular flexibility index (Phi) is 40.3. The third kappa shape index (κ3) is 29.8. The number of hydrogen-bond acceptors (Lipinski definition) is 34. The van der Waals surface area contributed by atoms with E-state index < -0.39 is 0 Å². The molecule has 1 aliphatic rings. The molecule has 1 fully saturated rings. The topological polar surface area (TPSA) is 455 Å². The summed E-state index contributed by atoms with van der Waals surface area (Å²) in [5, 5.41) is 21.7. The van der Waals surface area contributed by atoms with Gasteiger partial charge in [-0.2, -0.15) is 15.0 Å². The number of pyridine rings is 5. The van der Waals surface area contributed by atoms with Gasteiger partial charge in [-0.1, -0.05) is 113 Å². The van der Waals surface area contributed by atoms with E-state index in [1.165, 1.54) is 48.5 Å². The van der Waals surface area contributed by atoms with Gasteiger partial charge in [-0.15, -0.1) is 0 Å². The zero-order chi connectivity index (χ0) is 107. The van der Waals surface area contributed by atoms with Crippen molar-refractivity contribution in [2.75, 3.05) is 111 Å². The Balaban J connectivity index is 0.000000166. The quantitative estimate of drug-likeness (QED) is 0.0240. The second kappa shape index (κ2) is 53.4. The Morgan fingerprint density at radius 3 is 0.960 bits per heavy atom. The van der Waals surface area contributed by atoms with Crippen LogP contribution in [0.25, 0.3) is 54.5 Å². The maximum absolute atomic E-state index is 12.6. The van der Waals surface area contributed by atoms with Crippen LogP contribution in [0.3, 0.4) is 0 Å². The van der Waals surface area contributed by atoms with Gasteiger partial charge in [0, 0.05) is 149 Å². The number of nitrogens with one attached hydrogen (secondary N) is 5. The lowest BCUT2D eigenvalue weighted by Crippen LogP contribution is -2.31. The van der Waals surface area contributed by atoms with Gasteiger partial charge in [-0.3, -0.25) is 47.9 Å². The molecule has 5 aromatic carbocycles. The molecule has 0 spiro atoms. The summed E-state index contributed by atoms with van der Waals surface area (Å²) in [6.45, 7) is 21.5. The number of nitrogens with zero attached hydrogens (tertiary/aromatic N) is 17. The van der Waals surface area contributed by atoms with Crippen molar-refractivity contribution in [2.24, 2.45) is 35.2 Å². The molecule has 1 saturated heterocycles. The Morgan fingerprint density at radius 2 is 0.638 bits per heavy atom. The maximum atomic E-state index is 12.6. The fourth-order valence-electron chi connectivity index (χ4n) is 14.9. The number of carbonyl (C=O) groups excluding carboxylic acids is 5. The van der Waals surface area contributed by atoms with Crippen molar-refractivity contribution >= 4 is 205 Å². The van der Waals surface area contributed by atoms with Crippen LogP contribution in [0.1, 0.15) is 118 Å². The summed E-state index contributed by atoms with van der Waals surface area (Å²) in [4.78, 5) is 167. The number of anilines is 11. The number of fused-ring (bicyclic) bond motifs is 5. The van der Waals surface area contributed by atoms with Crippen LogP contribution in [-0.4, -0.2) is 186 Å². The summed E-state index contributed by atoms with van der Waals surface area (Å²) in [6.07, 6.45) is 13.1. The molecule has 0 aliphatic carbocycles. The van der Waals surface area contributed by atoms with Crippen LogP contribution in [0.2, 0.25) is 25.1 Å². The van der Waals surface area contributed by atoms with Crippen LogP contribution in [-0.2, 0) is 65.6 Å². The van der Waals surface area contributed by atoms with Gasteiger partial charge in [-0.05, 0) is 161 Å². The van der Waals surface area contributed by atoms with Gasteiger partial charge < -0.3 is 92.4 Å². The van der Waals surface area contributed by atoms with Crippen molar-refractivity contribution in [3.05, 3.63) is 241 Å². The summed E-state index contributed by atoms with van der Waals surface area (Å²) in [6, 6.07) is 36.2. The van der Waals surface area contributed by atoms with Crippen LogP contribution in [0.4, 0.5) is 63.5 Å². The Morgan fingerprint density at radius 1 is 0.336 bits per heavy atom. The summed E-state index contributed by atoms with van der Waals surface area (Å²) in [5.74, 6) is 4.62. The van der Waals surface area contributed by atoms with Crippen molar-refractivity contribution in [1.29, 1.82) is 0 Å². The highest BCUT2D eigenvalue weighted by molar-refractivity contribution is 6.34. The van der Waals surface area contributed by atoms with Gasteiger partial charge in [0.15, 0.2) is 86.8 Å². The fourth-order valence-corrected chi connectivity index (χ4v) is 15.6. The fraction of sp³-hybridized carbons (Fsp3) is 0.333. The van der Waals surface area contributed by atoms with Crippen LogP contribution in [0.5, 0.6) is 40.8 Å². The van der Waals surface area contributed by atoms with Gasteiger partial charge in [0.05, 0.1) is 72.3 Å². The largest absolute Gasteiger partial charge is 0.480 e. The van der Waals surface area contributed by atoms with E-state index in [4.69, 9.17) is 96.1 Å². The smallest absolute Gasteiger partial charge is 0.318 e. The first-order valence-electron chi connectivity index (χ1n) is 48.0. The minimum Gasteiger partial charge on any atom is -0.480 e. The predicted octanol–water partition coefficient (Wildman–Crippen LogP) is 18.0. The molecule has 0 unspecified atom stereocenters. The lowest BCUT2D eigenvalue weighted by Gasteiger charge is -2.22. The molecule has 44 heteroatoms. The molecule has 0 radical (unpaired) electrons. The van der Waals surface area contributed by atoms with E-state index in [9.17, 15) is 47.9 Å². The highest BCUT2D eigenvalue weighted by atomic mass is 35.5. The number of ketones is 5. The number of aryl methyl sites for hydroxylation is 7. The predicted molar refractivity (Wildman–Crippen MR) is 582 cm³/mol. The van der Waals surface area contributed by atoms with Gasteiger partial charge in [0.25, 0.3) is 27.8 Å². The number of hydrogen-bond donors (Lipinski definition) is 5. The third-order valence-electron chi connectivity index (χ3n) is 23.4. The number of carbonyl (C=O) groups is 5. The number of likely N-dealkylation sites (N-methyl/N-ethyl adjacent to an activating group) is 1. The van der Waals surface area contributed by atoms with Crippen molar-refractivity contribution in [3.8, 4) is 40.8 Å². The highest BCUT2D eigenvalue weighted by Crippen LogP contribution is 2.35. The van der Waals surface area contributed by atoms with E-state index in [-0.39, 0.29) is 131 Å². The molecule has 16 rings (SSSR count). The first kappa shape index (κ1) is 112. The summed E-state index contributed by atoms with van der Waals surface area (Å²) >= 11 is 31.1. The molecular weight excluding hydrogens is 2020 g/mol. The molecule has 15 aromatic rings. The van der Waals surface area contributed by atoms with Crippen LogP contribution in [0.15, 0.2) is 176 Å². The Labute approximate surface area is 882 Å². The van der Waals surface area contributed by atoms with Crippen LogP contribution in [0, 0.1) is 6.92 Å². The molecule has 5 N–H and O–H groups in total. The monoisotopic (exact) mass is 2130 g/mol. The van der Waals surface area contributed by atoms with Crippen molar-refractivity contribution in [2.45, 2.75) is 120 Å². The van der Waals surface area contributed by atoms with Gasteiger partial charge >= 0.3 is 12.0 Å². The number of rotatable bonds is 38. The SMILES string of the molecule is CCC(=O)COc1cc2cc(Nc3nc(C)ncc3Cl)ccc2n(C)c1=O.CCC(=O)COc1cc2cc(Nc3nc(N4CCCN(CC)CC4)ncc3Cl)ccc2n(C)c1=O.CCC(=O)COc1cc2cc(Nc3nc(OC)ncc3Cl)ccc2n(C)c1=O.CCCOc1ncc(Cl)c(Nc2ccc3c(c2)cc(OCC(=O)CC)c(=O)n3C)n1.CCCc1ncc(Cl)c(Nc2ccc3c(c2)cc(OCC(=O)CC)c(=O)n3C)n1. The molecule has 0 amide bonds. The molecule has 11 heterocycles. The number of halogens is 5. The second-order valence-corrected chi connectivity index (χ2v) is 36.0. The lowest BCUT2D eigenvalue weighted by atomic mass is 10.2. The van der Waals surface area contributed by atoms with Gasteiger partial charge in [0.1, 0.15) is 69.8 Å². The summed E-state index contributed by atoms with van der Waals surface area (Å²) in [5.41, 5.74) is 5.87. The van der Waals surface area contributed by atoms with E-state index in [0.717, 1.165) is 136 Å². The van der Waals surface area contributed by atoms with Crippen molar-refractivity contribution < 1.29 is 57.1 Å². The number of Topliss-reactive ketones (excluding diaryl/α,β-unsaturated/α-hetero) is 5. The minimum atomic E-state index is -0.305. The molecule has 10 aromatic heterocycles. The number of ether oxygens (including phenoxy) is 7. The third-order valence-corrected chi connectivity index (χ3v) is 24.8. The van der Waals surface area contributed by atoms with E-state index >= 15 is 0 Å². The van der Waals surface area contributed by atoms with Crippen LogP contribution >= 0.6 is 58.0 Å². The molecular formula is C105H115Cl5N22O17. The van der Waals surface area contributed by atoms with Crippen LogP contribution < -0.4 is 92.4 Å². The van der Waals surface area contributed by atoms with Gasteiger partial charge in [0.2, 0.25) is 5.95 Å². The second-order valence-electron chi connectivity index (χ2n) is 34.0. The molecule has 39 nitrogen and oxygen atoms in total. The molecule has 0 saturated carbocycles. The minimum absolute atomic E-state index is 0.0659. The molecule has 149 heavy (non-hydrogen) atoms. The van der Waals surface area contributed by atoms with E-state index in [1.807, 2.05) is 85.8 Å². The average molecular weight is 2130 g/mol. The summed E-state index contributed by atoms with van der Waals surface area (Å²) < 4.78 is 45.2. The Hall–Kier alpha value is -15.3. The maximum Gasteiger partial charge on any atom is 0.318 e. The van der Waals surface area contributed by atoms with Crippen molar-refractivity contribution in [1.82, 2.24) is 77.6 Å². The average Bonchev–Trinajstić information content (AvgIpc) is 1.73. The normalized spacial score (nSPS) is 11.7. The highest BCUT2D eigenvalue weighted by Gasteiger charge is 2.23. The number of aromatic nitrogens is 15. The molecule has 1 aliphatic heterocycles. The van der Waals surface area contributed by atoms with E-state index in [1.54, 1.807) is 132 Å². The molecule has 0 atom stereocenters. The Bertz CT molecular complexity index is 7780.